The molecule has 0 aromatic heterocycles. The second-order valence-electron chi connectivity index (χ2n) is 10.1. The molecule has 198 valence electrons. The van der Waals surface area contributed by atoms with Gasteiger partial charge in [-0.3, -0.25) is 19.2 Å². The van der Waals surface area contributed by atoms with Gasteiger partial charge in [-0.25, -0.2) is 0 Å². The minimum Gasteiger partial charge on any atom is -0.458 e. The Bertz CT molecular complexity index is 864. The van der Waals surface area contributed by atoms with Gasteiger partial charge < -0.3 is 23.1 Å². The number of fused-ring (bicyclic) bond motifs is 1. The Morgan fingerprint density at radius 2 is 1.63 bits per heavy atom. The van der Waals surface area contributed by atoms with Crippen molar-refractivity contribution in [3.05, 3.63) is 0 Å². The van der Waals surface area contributed by atoms with Gasteiger partial charge in [-0.05, 0) is 33.1 Å². The number of rotatable bonds is 4. The van der Waals surface area contributed by atoms with E-state index in [4.69, 9.17) is 23.1 Å². The number of ether oxygens (including phenoxy) is 3. The van der Waals surface area contributed by atoms with Crippen molar-refractivity contribution < 1.29 is 36.6 Å². The van der Waals surface area contributed by atoms with Crippen LogP contribution in [-0.4, -0.2) is 54.3 Å². The molecule has 0 aromatic carbocycles. The zero-order valence-corrected chi connectivity index (χ0v) is 23.6. The van der Waals surface area contributed by atoms with E-state index in [0.717, 1.165) is 0 Å². The van der Waals surface area contributed by atoms with Crippen molar-refractivity contribution in [2.75, 3.05) is 7.11 Å². The summed E-state index contributed by atoms with van der Waals surface area (Å²) in [7, 11) is 1.54. The third kappa shape index (κ3) is 6.33. The lowest BCUT2D eigenvalue weighted by Crippen LogP contribution is -2.47. The molecule has 2 saturated heterocycles. The number of nitrogens with zero attached hydrogens (tertiary/aromatic N) is 1. The summed E-state index contributed by atoms with van der Waals surface area (Å²) in [4.78, 5) is 52.6. The molecule has 0 bridgehead atoms. The minimum atomic E-state index is -1.05. The molecule has 0 amide bonds. The molecule has 0 saturated carbocycles. The maximum Gasteiger partial charge on any atom is 0.317 e. The van der Waals surface area contributed by atoms with Gasteiger partial charge >= 0.3 is 11.9 Å². The summed E-state index contributed by atoms with van der Waals surface area (Å²) < 4.78 is 21.9. The number of oxime groups is 1. The second-order valence-corrected chi connectivity index (χ2v) is 10.5. The van der Waals surface area contributed by atoms with Gasteiger partial charge in [0.2, 0.25) is 23.0 Å². The molecule has 2 aliphatic rings. The fourth-order valence-electron chi connectivity index (χ4n) is 5.51. The highest BCUT2D eigenvalue weighted by Gasteiger charge is 2.55. The molecule has 11 heteroatoms. The van der Waals surface area contributed by atoms with Gasteiger partial charge in [0.05, 0.1) is 5.60 Å². The van der Waals surface area contributed by atoms with Gasteiger partial charge in [-0.2, -0.15) is 0 Å². The number of ketones is 2. The van der Waals surface area contributed by atoms with Crippen molar-refractivity contribution in [2.24, 2.45) is 46.4 Å². The number of methoxy groups -OCH3 is 1. The van der Waals surface area contributed by atoms with Crippen LogP contribution >= 0.6 is 23.0 Å². The molecule has 0 aliphatic carbocycles. The first-order valence-electron chi connectivity index (χ1n) is 12.0. The fraction of sp³-hybridized carbons (Fsp3) is 0.792. The van der Waals surface area contributed by atoms with E-state index in [1.807, 2.05) is 6.92 Å². The van der Waals surface area contributed by atoms with Gasteiger partial charge in [0.25, 0.3) is 0 Å². The molecule has 2 aliphatic heterocycles. The average molecular weight is 608 g/mol. The van der Waals surface area contributed by atoms with Crippen LogP contribution in [0, 0.1) is 35.5 Å². The third-order valence-electron chi connectivity index (χ3n) is 7.51. The van der Waals surface area contributed by atoms with Gasteiger partial charge in [-0.15, -0.1) is 0 Å². The SMILES string of the molecule is CC[C@@H]1OC(=O)C(C)C(=O)C(C)C[C@](C)(OC)C[C@@H](C)C(=O)C(C)C2C(/C(N)=N/OI)C(=O)OC21. The highest BCUT2D eigenvalue weighted by atomic mass is 127. The summed E-state index contributed by atoms with van der Waals surface area (Å²) >= 11 is 1.53. The maximum atomic E-state index is 13.6. The fourth-order valence-corrected chi connectivity index (χ4v) is 5.73. The van der Waals surface area contributed by atoms with Crippen molar-refractivity contribution in [3.8, 4) is 0 Å². The Hall–Kier alpha value is -1.76. The first-order valence-corrected chi connectivity index (χ1v) is 12.8. The van der Waals surface area contributed by atoms with Crippen molar-refractivity contribution in [2.45, 2.75) is 78.6 Å². The standard InChI is InChI=1S/C24H37IN2O8/c1-8-15-20-16(17(23(31)34-20)21(26)27-35-25)13(4)18(28)11(2)9-24(6,32-7)10-12(3)19(29)14(5)22(30)33-15/h11-17,20H,8-10H2,1-7H3,(H2,26,27)/t11-,12?,13?,14?,15+,16?,17?,20?,24-/m1/s1. The first kappa shape index (κ1) is 29.5. The third-order valence-corrected chi connectivity index (χ3v) is 7.71. The van der Waals surface area contributed by atoms with E-state index in [0.29, 0.717) is 19.3 Å². The Balaban J connectivity index is 2.60. The number of hydrogen-bond donors (Lipinski definition) is 1. The number of amidine groups is 1. The van der Waals surface area contributed by atoms with Crippen molar-refractivity contribution in [3.63, 3.8) is 0 Å². The van der Waals surface area contributed by atoms with E-state index in [9.17, 15) is 19.2 Å². The Kier molecular flexibility index (Phi) is 10.1. The molecule has 2 rings (SSSR count). The second kappa shape index (κ2) is 12.0. The Morgan fingerprint density at radius 1 is 1.06 bits per heavy atom. The van der Waals surface area contributed by atoms with E-state index < -0.39 is 65.3 Å². The number of nitrogens with two attached hydrogens (primary N) is 1. The molecular weight excluding hydrogens is 571 g/mol. The number of esters is 2. The number of carbonyl (C=O) groups excluding carboxylic acids is 4. The lowest BCUT2D eigenvalue weighted by molar-refractivity contribution is -0.169. The molecule has 2 fully saturated rings. The van der Waals surface area contributed by atoms with E-state index in [1.165, 1.54) is 29.9 Å². The van der Waals surface area contributed by atoms with Crippen LogP contribution in [0.4, 0.5) is 0 Å². The summed E-state index contributed by atoms with van der Waals surface area (Å²) in [6.45, 7) is 10.4. The molecule has 0 aromatic rings. The van der Waals surface area contributed by atoms with E-state index in [-0.39, 0.29) is 17.4 Å². The molecule has 6 unspecified atom stereocenters. The van der Waals surface area contributed by atoms with Crippen LogP contribution in [0.1, 0.15) is 60.8 Å². The van der Waals surface area contributed by atoms with Crippen LogP contribution < -0.4 is 5.73 Å². The lowest BCUT2D eigenvalue weighted by atomic mass is 9.72. The minimum absolute atomic E-state index is 0.111. The number of cyclic esters (lactones) is 1. The highest BCUT2D eigenvalue weighted by molar-refractivity contribution is 14.1. The molecular formula is C24H37IN2O8. The molecule has 0 radical (unpaired) electrons. The monoisotopic (exact) mass is 608 g/mol. The molecule has 2 N–H and O–H groups in total. The molecule has 35 heavy (non-hydrogen) atoms. The quantitative estimate of drug-likeness (QED) is 0.127. The van der Waals surface area contributed by atoms with Gasteiger partial charge in [0, 0.05) is 30.8 Å². The van der Waals surface area contributed by atoms with Crippen molar-refractivity contribution in [1.82, 2.24) is 0 Å². The number of Topliss-reactive ketones (excluding diaryl/α,β-unsaturated/α-hetero) is 2. The van der Waals surface area contributed by atoms with Crippen LogP contribution in [0.25, 0.3) is 0 Å². The Labute approximate surface area is 220 Å². The average Bonchev–Trinajstić information content (AvgIpc) is 3.16. The zero-order chi connectivity index (χ0) is 26.7. The van der Waals surface area contributed by atoms with E-state index >= 15 is 0 Å². The molecule has 2 heterocycles. The predicted octanol–water partition coefficient (Wildman–Crippen LogP) is 2.99. The maximum absolute atomic E-state index is 13.6. The van der Waals surface area contributed by atoms with Crippen molar-refractivity contribution >= 4 is 52.3 Å². The van der Waals surface area contributed by atoms with Crippen molar-refractivity contribution in [1.29, 1.82) is 0 Å². The summed E-state index contributed by atoms with van der Waals surface area (Å²) in [5.41, 5.74) is 5.28. The van der Waals surface area contributed by atoms with Crippen LogP contribution in [0.3, 0.4) is 0 Å². The van der Waals surface area contributed by atoms with Crippen LogP contribution in [0.2, 0.25) is 0 Å². The molecule has 9 atom stereocenters. The Morgan fingerprint density at radius 3 is 2.14 bits per heavy atom. The zero-order valence-electron chi connectivity index (χ0n) is 21.4. The topological polar surface area (TPSA) is 144 Å². The molecule has 0 spiro atoms. The van der Waals surface area contributed by atoms with Gasteiger partial charge in [0.1, 0.15) is 35.6 Å². The van der Waals surface area contributed by atoms with Crippen LogP contribution in [0.15, 0.2) is 5.16 Å². The largest absolute Gasteiger partial charge is 0.458 e. The van der Waals surface area contributed by atoms with Gasteiger partial charge in [-0.1, -0.05) is 32.9 Å². The molecule has 10 nitrogen and oxygen atoms in total. The van der Waals surface area contributed by atoms with E-state index in [2.05, 4.69) is 5.16 Å². The lowest BCUT2D eigenvalue weighted by Gasteiger charge is -2.36. The summed E-state index contributed by atoms with van der Waals surface area (Å²) in [6.07, 6.45) is -0.796. The summed E-state index contributed by atoms with van der Waals surface area (Å²) in [5.74, 6) is -6.29. The van der Waals surface area contributed by atoms with Gasteiger partial charge in [0.15, 0.2) is 5.84 Å². The smallest absolute Gasteiger partial charge is 0.317 e. The van der Waals surface area contributed by atoms with Crippen LogP contribution in [0.5, 0.6) is 0 Å². The first-order chi connectivity index (χ1) is 16.3. The number of carbonyl (C=O) groups is 4. The van der Waals surface area contributed by atoms with E-state index in [1.54, 1.807) is 34.8 Å². The highest BCUT2D eigenvalue weighted by Crippen LogP contribution is 2.41. The predicted molar refractivity (Wildman–Crippen MR) is 135 cm³/mol. The number of hydrogen-bond acceptors (Lipinski definition) is 9. The number of halogens is 1. The normalized spacial score (nSPS) is 39.9. The summed E-state index contributed by atoms with van der Waals surface area (Å²) in [6, 6.07) is 0. The van der Waals surface area contributed by atoms with Crippen LogP contribution in [-0.2, 0) is 36.6 Å². The summed E-state index contributed by atoms with van der Waals surface area (Å²) in [5, 5.41) is 3.71.